The zero-order valence-electron chi connectivity index (χ0n) is 23.0. The van der Waals surface area contributed by atoms with E-state index in [1.807, 2.05) is 30.3 Å². The second-order valence-electron chi connectivity index (χ2n) is 9.47. The molecule has 1 aliphatic rings. The molecule has 2 aromatic carbocycles. The molecule has 0 radical (unpaired) electrons. The van der Waals surface area contributed by atoms with E-state index in [1.54, 1.807) is 12.1 Å². The Bertz CT molecular complexity index is 1170. The summed E-state index contributed by atoms with van der Waals surface area (Å²) < 4.78 is 10.7. The van der Waals surface area contributed by atoms with Gasteiger partial charge in [-0.1, -0.05) is 36.4 Å². The van der Waals surface area contributed by atoms with Crippen LogP contribution in [-0.4, -0.2) is 80.0 Å². The van der Waals surface area contributed by atoms with Crippen LogP contribution in [0.3, 0.4) is 0 Å². The van der Waals surface area contributed by atoms with E-state index in [0.29, 0.717) is 75.2 Å². The summed E-state index contributed by atoms with van der Waals surface area (Å²) in [5.74, 6) is 1.43. The number of rotatable bonds is 16. The SMILES string of the molecule is NCCOCCOCCNC(=O)c1cccc(Nc2nc(NCCc3ccccc3)nc(N3CCCCC3)n2)c1. The number of hydrogen-bond acceptors (Lipinski definition) is 10. The third-order valence-electron chi connectivity index (χ3n) is 6.35. The van der Waals surface area contributed by atoms with E-state index in [9.17, 15) is 4.79 Å². The predicted molar refractivity (Wildman–Crippen MR) is 157 cm³/mol. The molecule has 0 bridgehead atoms. The molecule has 0 atom stereocenters. The quantitative estimate of drug-likeness (QED) is 0.198. The van der Waals surface area contributed by atoms with Gasteiger partial charge in [0.2, 0.25) is 17.8 Å². The first-order valence-corrected chi connectivity index (χ1v) is 14.0. The highest BCUT2D eigenvalue weighted by Crippen LogP contribution is 2.21. The average Bonchev–Trinajstić information content (AvgIpc) is 2.99. The highest BCUT2D eigenvalue weighted by Gasteiger charge is 2.17. The molecule has 0 unspecified atom stereocenters. The van der Waals surface area contributed by atoms with Gasteiger partial charge in [-0.3, -0.25) is 4.79 Å². The molecule has 214 valence electrons. The number of hydrogen-bond donors (Lipinski definition) is 4. The summed E-state index contributed by atoms with van der Waals surface area (Å²) in [6.07, 6.45) is 4.32. The number of benzene rings is 2. The van der Waals surface area contributed by atoms with Crippen molar-refractivity contribution in [3.8, 4) is 0 Å². The van der Waals surface area contributed by atoms with Crippen LogP contribution in [0.15, 0.2) is 54.6 Å². The third kappa shape index (κ3) is 9.74. The summed E-state index contributed by atoms with van der Waals surface area (Å²) >= 11 is 0. The van der Waals surface area contributed by atoms with Crippen LogP contribution in [0, 0.1) is 0 Å². The van der Waals surface area contributed by atoms with E-state index in [-0.39, 0.29) is 5.91 Å². The van der Waals surface area contributed by atoms with Crippen LogP contribution < -0.4 is 26.6 Å². The fourth-order valence-electron chi connectivity index (χ4n) is 4.31. The number of carbonyl (C=O) groups is 1. The van der Waals surface area contributed by atoms with Gasteiger partial charge in [0.25, 0.3) is 5.91 Å². The van der Waals surface area contributed by atoms with Crippen LogP contribution in [-0.2, 0) is 15.9 Å². The van der Waals surface area contributed by atoms with Gasteiger partial charge in [-0.25, -0.2) is 0 Å². The minimum absolute atomic E-state index is 0.181. The van der Waals surface area contributed by atoms with E-state index < -0.39 is 0 Å². The maximum absolute atomic E-state index is 12.7. The normalized spacial score (nSPS) is 13.2. The summed E-state index contributed by atoms with van der Waals surface area (Å²) in [5, 5.41) is 9.51. The van der Waals surface area contributed by atoms with Crippen molar-refractivity contribution in [1.82, 2.24) is 20.3 Å². The van der Waals surface area contributed by atoms with Gasteiger partial charge in [-0.05, 0) is 49.4 Å². The summed E-state index contributed by atoms with van der Waals surface area (Å²) in [7, 11) is 0. The molecule has 11 heteroatoms. The van der Waals surface area contributed by atoms with Crippen molar-refractivity contribution in [2.45, 2.75) is 25.7 Å². The van der Waals surface area contributed by atoms with Gasteiger partial charge in [-0.2, -0.15) is 15.0 Å². The van der Waals surface area contributed by atoms with E-state index in [1.165, 1.54) is 12.0 Å². The molecule has 1 fully saturated rings. The van der Waals surface area contributed by atoms with E-state index in [2.05, 4.69) is 38.0 Å². The Kier molecular flexibility index (Phi) is 11.9. The lowest BCUT2D eigenvalue weighted by molar-refractivity contribution is 0.0511. The lowest BCUT2D eigenvalue weighted by Gasteiger charge is -2.27. The number of nitrogens with zero attached hydrogens (tertiary/aromatic N) is 4. The molecule has 2 heterocycles. The Morgan fingerprint density at radius 2 is 1.62 bits per heavy atom. The summed E-state index contributed by atoms with van der Waals surface area (Å²) in [6.45, 7) is 5.30. The minimum Gasteiger partial charge on any atom is -0.378 e. The number of anilines is 4. The highest BCUT2D eigenvalue weighted by molar-refractivity contribution is 5.95. The number of carbonyl (C=O) groups excluding carboxylic acids is 1. The van der Waals surface area contributed by atoms with Gasteiger partial charge in [0.15, 0.2) is 0 Å². The summed E-state index contributed by atoms with van der Waals surface area (Å²) in [4.78, 5) is 28.9. The fraction of sp³-hybridized carbons (Fsp3) is 0.448. The Hall–Kier alpha value is -3.80. The molecular formula is C29H40N8O3. The molecule has 5 N–H and O–H groups in total. The van der Waals surface area contributed by atoms with Gasteiger partial charge in [0.05, 0.1) is 26.4 Å². The van der Waals surface area contributed by atoms with Gasteiger partial charge in [0, 0.05) is 44.0 Å². The second kappa shape index (κ2) is 16.3. The first-order valence-electron chi connectivity index (χ1n) is 14.0. The second-order valence-corrected chi connectivity index (χ2v) is 9.47. The molecule has 1 amide bonds. The number of aromatic nitrogens is 3. The molecule has 0 spiro atoms. The molecule has 40 heavy (non-hydrogen) atoms. The van der Waals surface area contributed by atoms with E-state index in [4.69, 9.17) is 25.2 Å². The first kappa shape index (κ1) is 29.2. The van der Waals surface area contributed by atoms with Crippen LogP contribution in [0.5, 0.6) is 0 Å². The molecule has 3 aromatic rings. The zero-order valence-corrected chi connectivity index (χ0v) is 23.0. The monoisotopic (exact) mass is 548 g/mol. The van der Waals surface area contributed by atoms with Crippen molar-refractivity contribution >= 4 is 29.4 Å². The summed E-state index contributed by atoms with van der Waals surface area (Å²) in [5.41, 5.74) is 7.87. The smallest absolute Gasteiger partial charge is 0.251 e. The van der Waals surface area contributed by atoms with Crippen molar-refractivity contribution < 1.29 is 14.3 Å². The highest BCUT2D eigenvalue weighted by atomic mass is 16.5. The lowest BCUT2D eigenvalue weighted by Crippen LogP contribution is -2.31. The topological polar surface area (TPSA) is 140 Å². The standard InChI is InChI=1S/C29H40N8O3/c30-13-18-39-20-21-40-19-15-31-26(38)24-10-7-11-25(22-24)33-28-34-27(32-14-12-23-8-3-1-4-9-23)35-29(36-28)37-16-5-2-6-17-37/h1,3-4,7-11,22H,2,5-6,12-21,30H2,(H,31,38)(H2,32,33,34,35,36). The minimum atomic E-state index is -0.181. The maximum atomic E-state index is 12.7. The molecular weight excluding hydrogens is 508 g/mol. The van der Waals surface area contributed by atoms with Crippen LogP contribution in [0.4, 0.5) is 23.5 Å². The number of nitrogens with two attached hydrogens (primary N) is 1. The molecule has 1 aromatic heterocycles. The number of nitrogens with one attached hydrogen (secondary N) is 3. The lowest BCUT2D eigenvalue weighted by atomic mass is 10.1. The molecule has 0 saturated carbocycles. The number of ether oxygens (including phenoxy) is 2. The summed E-state index contributed by atoms with van der Waals surface area (Å²) in [6, 6.07) is 17.6. The van der Waals surface area contributed by atoms with Crippen molar-refractivity contribution in [2.24, 2.45) is 5.73 Å². The van der Waals surface area contributed by atoms with Crippen molar-refractivity contribution in [3.63, 3.8) is 0 Å². The van der Waals surface area contributed by atoms with Gasteiger partial charge < -0.3 is 36.1 Å². The van der Waals surface area contributed by atoms with Gasteiger partial charge in [-0.15, -0.1) is 0 Å². The number of amides is 1. The van der Waals surface area contributed by atoms with Crippen molar-refractivity contribution in [2.75, 3.05) is 74.7 Å². The number of piperidine rings is 1. The van der Waals surface area contributed by atoms with Crippen LogP contribution in [0.1, 0.15) is 35.2 Å². The van der Waals surface area contributed by atoms with Crippen LogP contribution in [0.25, 0.3) is 0 Å². The van der Waals surface area contributed by atoms with Gasteiger partial charge in [0.1, 0.15) is 0 Å². The van der Waals surface area contributed by atoms with E-state index >= 15 is 0 Å². The fourth-order valence-corrected chi connectivity index (χ4v) is 4.31. The predicted octanol–water partition coefficient (Wildman–Crippen LogP) is 2.98. The molecule has 0 aliphatic carbocycles. The Labute approximate surface area is 235 Å². The Morgan fingerprint density at radius 3 is 2.42 bits per heavy atom. The first-order chi connectivity index (χ1) is 19.7. The van der Waals surface area contributed by atoms with Gasteiger partial charge >= 0.3 is 0 Å². The Morgan fingerprint density at radius 1 is 0.850 bits per heavy atom. The molecule has 1 aliphatic heterocycles. The molecule has 4 rings (SSSR count). The largest absolute Gasteiger partial charge is 0.378 e. The zero-order chi connectivity index (χ0) is 27.8. The third-order valence-corrected chi connectivity index (χ3v) is 6.35. The Balaban J connectivity index is 1.36. The van der Waals surface area contributed by atoms with Crippen LogP contribution in [0.2, 0.25) is 0 Å². The van der Waals surface area contributed by atoms with Crippen molar-refractivity contribution in [3.05, 3.63) is 65.7 Å². The molecule has 11 nitrogen and oxygen atoms in total. The van der Waals surface area contributed by atoms with Crippen molar-refractivity contribution in [1.29, 1.82) is 0 Å². The average molecular weight is 549 g/mol. The van der Waals surface area contributed by atoms with E-state index in [0.717, 1.165) is 32.4 Å². The van der Waals surface area contributed by atoms with Crippen LogP contribution >= 0.6 is 0 Å². The molecule has 1 saturated heterocycles. The maximum Gasteiger partial charge on any atom is 0.251 e.